The molecule has 0 unspecified atom stereocenters. The summed E-state index contributed by atoms with van der Waals surface area (Å²) in [7, 11) is 0. The van der Waals surface area contributed by atoms with Crippen LogP contribution in [-0.4, -0.2) is 21.4 Å². The number of phenols is 2. The van der Waals surface area contributed by atoms with Gasteiger partial charge in [0, 0.05) is 11.8 Å². The Morgan fingerprint density at radius 2 is 1.62 bits per heavy atom. The quantitative estimate of drug-likeness (QED) is 0.280. The third-order valence-corrected chi connectivity index (χ3v) is 5.77. The highest BCUT2D eigenvalue weighted by Crippen LogP contribution is 2.34. The lowest BCUT2D eigenvalue weighted by Gasteiger charge is -2.06. The summed E-state index contributed by atoms with van der Waals surface area (Å²) in [4.78, 5) is 9.09. The Balaban J connectivity index is 1.43. The maximum absolute atomic E-state index is 10.4. The summed E-state index contributed by atoms with van der Waals surface area (Å²) in [6.07, 6.45) is 3.30. The molecule has 0 atom stereocenters. The molecule has 5 heteroatoms. The van der Waals surface area contributed by atoms with E-state index in [1.807, 2.05) is 48.5 Å². The summed E-state index contributed by atoms with van der Waals surface area (Å²) in [6, 6.07) is 26.6. The van der Waals surface area contributed by atoms with Crippen LogP contribution in [0.4, 0.5) is 5.69 Å². The van der Waals surface area contributed by atoms with Gasteiger partial charge in [0.25, 0.3) is 0 Å². The molecule has 1 heterocycles. The van der Waals surface area contributed by atoms with E-state index in [9.17, 15) is 10.2 Å². The number of nitrogens with zero attached hydrogens (tertiary/aromatic N) is 2. The van der Waals surface area contributed by atoms with E-state index in [1.165, 1.54) is 11.1 Å². The second-order valence-electron chi connectivity index (χ2n) is 8.19. The number of benzene rings is 4. The normalized spacial score (nSPS) is 11.4. The van der Waals surface area contributed by atoms with Crippen molar-refractivity contribution in [2.24, 2.45) is 4.99 Å². The molecule has 5 nitrogen and oxygen atoms in total. The second kappa shape index (κ2) is 9.24. The zero-order valence-corrected chi connectivity index (χ0v) is 18.8. The van der Waals surface area contributed by atoms with E-state index in [-0.39, 0.29) is 11.5 Å². The molecule has 0 radical (unpaired) electrons. The number of phenolic OH excluding ortho intramolecular Hbond substituents is 2. The molecule has 0 aliphatic rings. The van der Waals surface area contributed by atoms with Gasteiger partial charge < -0.3 is 14.6 Å². The van der Waals surface area contributed by atoms with Crippen molar-refractivity contribution in [1.82, 2.24) is 4.98 Å². The SMILES string of the molecule is CCc1ccc2oc(-c3cc(N=Cc4cc(Cc5ccccc5)ccc4O)ccc3O)nc2c1. The number of aliphatic imine (C=N–C) groups is 1. The average molecular weight is 449 g/mol. The van der Waals surface area contributed by atoms with Crippen LogP contribution < -0.4 is 0 Å². The Morgan fingerprint density at radius 3 is 2.44 bits per heavy atom. The fourth-order valence-electron chi connectivity index (χ4n) is 3.88. The monoisotopic (exact) mass is 448 g/mol. The first-order chi connectivity index (χ1) is 16.6. The van der Waals surface area contributed by atoms with Crippen LogP contribution in [0.15, 0.2) is 94.3 Å². The van der Waals surface area contributed by atoms with Crippen LogP contribution >= 0.6 is 0 Å². The molecule has 0 saturated carbocycles. The van der Waals surface area contributed by atoms with Crippen LogP contribution in [0.5, 0.6) is 11.5 Å². The van der Waals surface area contributed by atoms with Crippen LogP contribution in [0, 0.1) is 0 Å². The predicted octanol–water partition coefficient (Wildman–Crippen LogP) is 6.81. The summed E-state index contributed by atoms with van der Waals surface area (Å²) in [5.74, 6) is 0.560. The molecular formula is C29H24N2O3. The van der Waals surface area contributed by atoms with Gasteiger partial charge >= 0.3 is 0 Å². The van der Waals surface area contributed by atoms with Crippen molar-refractivity contribution in [1.29, 1.82) is 0 Å². The Labute approximate surface area is 197 Å². The lowest BCUT2D eigenvalue weighted by atomic mass is 10.0. The minimum Gasteiger partial charge on any atom is -0.507 e. The molecule has 0 fully saturated rings. The molecule has 0 saturated heterocycles. The Morgan fingerprint density at radius 1 is 0.824 bits per heavy atom. The smallest absolute Gasteiger partial charge is 0.231 e. The van der Waals surface area contributed by atoms with Crippen LogP contribution in [0.1, 0.15) is 29.2 Å². The highest BCUT2D eigenvalue weighted by Gasteiger charge is 2.13. The second-order valence-corrected chi connectivity index (χ2v) is 8.19. The van der Waals surface area contributed by atoms with E-state index in [0.29, 0.717) is 28.3 Å². The van der Waals surface area contributed by atoms with Crippen LogP contribution in [-0.2, 0) is 12.8 Å². The largest absolute Gasteiger partial charge is 0.507 e. The van der Waals surface area contributed by atoms with Gasteiger partial charge in [-0.25, -0.2) is 4.98 Å². The van der Waals surface area contributed by atoms with Crippen LogP contribution in [0.2, 0.25) is 0 Å². The van der Waals surface area contributed by atoms with Gasteiger partial charge in [-0.2, -0.15) is 0 Å². The van der Waals surface area contributed by atoms with Crippen molar-refractivity contribution in [3.63, 3.8) is 0 Å². The molecule has 0 spiro atoms. The summed E-state index contributed by atoms with van der Waals surface area (Å²) in [5.41, 5.74) is 6.56. The van der Waals surface area contributed by atoms with Gasteiger partial charge in [-0.1, -0.05) is 49.4 Å². The van der Waals surface area contributed by atoms with E-state index in [1.54, 1.807) is 30.5 Å². The minimum atomic E-state index is 0.0638. The third-order valence-electron chi connectivity index (χ3n) is 5.77. The van der Waals surface area contributed by atoms with Gasteiger partial charge in [0.05, 0.1) is 11.3 Å². The van der Waals surface area contributed by atoms with Crippen molar-refractivity contribution in [2.45, 2.75) is 19.8 Å². The molecule has 1 aromatic heterocycles. The number of hydrogen-bond acceptors (Lipinski definition) is 5. The molecule has 0 aliphatic carbocycles. The van der Waals surface area contributed by atoms with E-state index >= 15 is 0 Å². The Hall–Kier alpha value is -4.38. The average Bonchev–Trinajstić information content (AvgIpc) is 3.29. The highest BCUT2D eigenvalue weighted by atomic mass is 16.3. The van der Waals surface area contributed by atoms with Crippen LogP contribution in [0.25, 0.3) is 22.6 Å². The summed E-state index contributed by atoms with van der Waals surface area (Å²) < 4.78 is 5.88. The fourth-order valence-corrected chi connectivity index (χ4v) is 3.88. The number of oxazole rings is 1. The topological polar surface area (TPSA) is 78.9 Å². The third kappa shape index (κ3) is 4.55. The van der Waals surface area contributed by atoms with E-state index in [4.69, 9.17) is 4.42 Å². The van der Waals surface area contributed by atoms with Crippen molar-refractivity contribution in [2.75, 3.05) is 0 Å². The minimum absolute atomic E-state index is 0.0638. The van der Waals surface area contributed by atoms with Crippen molar-refractivity contribution in [3.8, 4) is 23.0 Å². The molecule has 5 aromatic rings. The molecule has 5 rings (SSSR count). The summed E-state index contributed by atoms with van der Waals surface area (Å²) in [6.45, 7) is 2.09. The van der Waals surface area contributed by atoms with E-state index in [0.717, 1.165) is 23.9 Å². The fraction of sp³-hybridized carbons (Fsp3) is 0.103. The number of aromatic hydroxyl groups is 2. The first-order valence-electron chi connectivity index (χ1n) is 11.2. The Kier molecular flexibility index (Phi) is 5.83. The lowest BCUT2D eigenvalue weighted by Crippen LogP contribution is -1.91. The van der Waals surface area contributed by atoms with Crippen LogP contribution in [0.3, 0.4) is 0 Å². The van der Waals surface area contributed by atoms with Crippen molar-refractivity contribution in [3.05, 3.63) is 107 Å². The standard InChI is InChI=1S/C29H24N2O3/c1-2-19-9-13-28-25(16-19)31-29(34-28)24-17-23(10-12-27(24)33)30-18-22-15-21(8-11-26(22)32)14-20-6-4-3-5-7-20/h3-13,15-18,32-33H,2,14H2,1H3. The maximum Gasteiger partial charge on any atom is 0.231 e. The number of aryl methyl sites for hydroxylation is 1. The molecular weight excluding hydrogens is 424 g/mol. The van der Waals surface area contributed by atoms with Gasteiger partial charge in [-0.3, -0.25) is 4.99 Å². The first-order valence-corrected chi connectivity index (χ1v) is 11.2. The summed E-state index contributed by atoms with van der Waals surface area (Å²) in [5, 5.41) is 20.8. The number of fused-ring (bicyclic) bond motifs is 1. The van der Waals surface area contributed by atoms with Crippen molar-refractivity contribution < 1.29 is 14.6 Å². The van der Waals surface area contributed by atoms with Gasteiger partial charge in [0.15, 0.2) is 5.58 Å². The van der Waals surface area contributed by atoms with Gasteiger partial charge in [0.2, 0.25) is 5.89 Å². The first kappa shape index (κ1) is 21.5. The number of aromatic nitrogens is 1. The molecule has 168 valence electrons. The van der Waals surface area contributed by atoms with Gasteiger partial charge in [-0.15, -0.1) is 0 Å². The molecule has 34 heavy (non-hydrogen) atoms. The van der Waals surface area contributed by atoms with E-state index in [2.05, 4.69) is 29.0 Å². The number of hydrogen-bond donors (Lipinski definition) is 2. The zero-order valence-electron chi connectivity index (χ0n) is 18.8. The Bertz CT molecular complexity index is 1490. The molecule has 2 N–H and O–H groups in total. The van der Waals surface area contributed by atoms with Gasteiger partial charge in [-0.05, 0) is 72.0 Å². The molecule has 0 amide bonds. The highest BCUT2D eigenvalue weighted by molar-refractivity contribution is 5.86. The molecule has 0 bridgehead atoms. The zero-order chi connectivity index (χ0) is 23.5. The molecule has 4 aromatic carbocycles. The van der Waals surface area contributed by atoms with E-state index < -0.39 is 0 Å². The summed E-state index contributed by atoms with van der Waals surface area (Å²) >= 11 is 0. The van der Waals surface area contributed by atoms with Crippen molar-refractivity contribution >= 4 is 23.0 Å². The maximum atomic E-state index is 10.4. The van der Waals surface area contributed by atoms with Gasteiger partial charge in [0.1, 0.15) is 17.0 Å². The lowest BCUT2D eigenvalue weighted by molar-refractivity contribution is 0.473. The number of rotatable bonds is 6. The predicted molar refractivity (Wildman–Crippen MR) is 135 cm³/mol. The molecule has 0 aliphatic heterocycles.